The summed E-state index contributed by atoms with van der Waals surface area (Å²) in [6.07, 6.45) is 4.01. The second kappa shape index (κ2) is 12.2. The molecule has 1 amide bonds. The third kappa shape index (κ3) is 6.39. The highest BCUT2D eigenvalue weighted by Crippen LogP contribution is 2.22. The van der Waals surface area contributed by atoms with Gasteiger partial charge < -0.3 is 24.8 Å². The average molecular weight is 529 g/mol. The van der Waals surface area contributed by atoms with Crippen LogP contribution in [0.25, 0.3) is 0 Å². The first-order chi connectivity index (χ1) is 14.1. The van der Waals surface area contributed by atoms with Crippen molar-refractivity contribution in [2.24, 2.45) is 4.99 Å². The van der Waals surface area contributed by atoms with E-state index in [1.165, 1.54) is 12.1 Å². The maximum atomic E-state index is 12.5. The van der Waals surface area contributed by atoms with Crippen LogP contribution in [0.2, 0.25) is 0 Å². The zero-order chi connectivity index (χ0) is 20.6. The Kier molecular flexibility index (Phi) is 10.0. The number of hydrogen-bond donors (Lipinski definition) is 1. The normalized spacial score (nSPS) is 19.9. The summed E-state index contributed by atoms with van der Waals surface area (Å²) in [6, 6.07) is 8.58. The average Bonchev–Trinajstić information content (AvgIpc) is 2.77. The number of guanidine groups is 1. The Hall–Kier alpha value is -1.71. The van der Waals surface area contributed by atoms with E-state index in [1.54, 1.807) is 7.11 Å². The number of halogens is 1. The molecule has 2 aliphatic heterocycles. The van der Waals surface area contributed by atoms with Crippen LogP contribution >= 0.6 is 24.0 Å². The van der Waals surface area contributed by atoms with E-state index in [-0.39, 0.29) is 29.9 Å². The first-order valence-electron chi connectivity index (χ1n) is 10.8. The van der Waals surface area contributed by atoms with E-state index in [9.17, 15) is 4.79 Å². The first-order valence-corrected chi connectivity index (χ1v) is 10.8. The van der Waals surface area contributed by atoms with E-state index in [1.807, 2.05) is 24.1 Å². The highest BCUT2D eigenvalue weighted by Gasteiger charge is 2.23. The predicted octanol–water partition coefficient (Wildman–Crippen LogP) is 2.80. The zero-order valence-electron chi connectivity index (χ0n) is 18.5. The molecular formula is C22H36IN5O2. The number of nitrogens with zero attached hydrogens (tertiary/aromatic N) is 4. The quantitative estimate of drug-likeness (QED) is 0.361. The van der Waals surface area contributed by atoms with Crippen LogP contribution in [0.4, 0.5) is 5.69 Å². The lowest BCUT2D eigenvalue weighted by molar-refractivity contribution is -0.134. The number of likely N-dealkylation sites (tertiary alicyclic amines) is 1. The van der Waals surface area contributed by atoms with Crippen molar-refractivity contribution < 1.29 is 9.53 Å². The standard InChI is InChI=1S/C22H35N5O2.HI/c1-18-7-4-5-12-27(18)21(28)10-11-24-22(23-2)26-15-13-25(14-16-26)19-8-6-9-20(17-19)29-3;/h6,8-9,17-18H,4-5,7,10-16H2,1-3H3,(H,23,24);1H. The lowest BCUT2D eigenvalue weighted by Crippen LogP contribution is -2.53. The summed E-state index contributed by atoms with van der Waals surface area (Å²) in [5, 5.41) is 3.39. The minimum atomic E-state index is 0. The van der Waals surface area contributed by atoms with Gasteiger partial charge in [-0.15, -0.1) is 24.0 Å². The maximum Gasteiger partial charge on any atom is 0.224 e. The first kappa shape index (κ1) is 24.6. The summed E-state index contributed by atoms with van der Waals surface area (Å²) in [6.45, 7) is 7.34. The number of rotatable bonds is 5. The number of benzene rings is 1. The fraction of sp³-hybridized carbons (Fsp3) is 0.636. The molecule has 1 unspecified atom stereocenters. The molecule has 30 heavy (non-hydrogen) atoms. The van der Waals surface area contributed by atoms with Crippen molar-refractivity contribution in [3.05, 3.63) is 24.3 Å². The van der Waals surface area contributed by atoms with Crippen molar-refractivity contribution in [3.8, 4) is 5.75 Å². The van der Waals surface area contributed by atoms with Gasteiger partial charge in [-0.05, 0) is 38.3 Å². The van der Waals surface area contributed by atoms with Gasteiger partial charge in [0.2, 0.25) is 5.91 Å². The Morgan fingerprint density at radius 1 is 1.20 bits per heavy atom. The van der Waals surface area contributed by atoms with Gasteiger partial charge in [-0.1, -0.05) is 6.07 Å². The number of aliphatic imine (C=N–C) groups is 1. The third-order valence-electron chi connectivity index (χ3n) is 5.95. The van der Waals surface area contributed by atoms with Crippen LogP contribution in [-0.4, -0.2) is 81.1 Å². The number of amides is 1. The molecular weight excluding hydrogens is 493 g/mol. The largest absolute Gasteiger partial charge is 0.497 e. The van der Waals surface area contributed by atoms with Gasteiger partial charge in [-0.2, -0.15) is 0 Å². The molecule has 168 valence electrons. The van der Waals surface area contributed by atoms with Crippen molar-refractivity contribution in [3.63, 3.8) is 0 Å². The lowest BCUT2D eigenvalue weighted by atomic mass is 10.0. The van der Waals surface area contributed by atoms with Crippen LogP contribution in [0.15, 0.2) is 29.3 Å². The number of nitrogens with one attached hydrogen (secondary N) is 1. The SMILES string of the molecule is CN=C(NCCC(=O)N1CCCCC1C)N1CCN(c2cccc(OC)c2)CC1.I. The molecule has 3 rings (SSSR count). The fourth-order valence-corrected chi connectivity index (χ4v) is 4.21. The Labute approximate surface area is 197 Å². The van der Waals surface area contributed by atoms with Gasteiger partial charge in [0.1, 0.15) is 5.75 Å². The van der Waals surface area contributed by atoms with E-state index >= 15 is 0 Å². The van der Waals surface area contributed by atoms with Gasteiger partial charge in [0, 0.05) is 70.5 Å². The van der Waals surface area contributed by atoms with Crippen LogP contribution in [-0.2, 0) is 4.79 Å². The van der Waals surface area contributed by atoms with E-state index in [2.05, 4.69) is 39.2 Å². The van der Waals surface area contributed by atoms with Crippen LogP contribution in [0.5, 0.6) is 5.75 Å². The number of piperazine rings is 1. The Morgan fingerprint density at radius 2 is 1.97 bits per heavy atom. The molecule has 2 aliphatic rings. The van der Waals surface area contributed by atoms with Gasteiger partial charge in [0.25, 0.3) is 0 Å². The van der Waals surface area contributed by atoms with Gasteiger partial charge in [-0.3, -0.25) is 9.79 Å². The second-order valence-corrected chi connectivity index (χ2v) is 7.83. The number of ether oxygens (including phenoxy) is 1. The van der Waals surface area contributed by atoms with Gasteiger partial charge in [-0.25, -0.2) is 0 Å². The Morgan fingerprint density at radius 3 is 2.63 bits per heavy atom. The van der Waals surface area contributed by atoms with Crippen LogP contribution in [0.1, 0.15) is 32.6 Å². The topological polar surface area (TPSA) is 60.4 Å². The van der Waals surface area contributed by atoms with Crippen molar-refractivity contribution in [2.75, 3.05) is 58.3 Å². The van der Waals surface area contributed by atoms with Gasteiger partial charge >= 0.3 is 0 Å². The minimum Gasteiger partial charge on any atom is -0.497 e. The number of methoxy groups -OCH3 is 1. The molecule has 0 saturated carbocycles. The lowest BCUT2D eigenvalue weighted by Gasteiger charge is -2.38. The van der Waals surface area contributed by atoms with E-state index in [0.717, 1.165) is 57.3 Å². The predicted molar refractivity (Wildman–Crippen MR) is 133 cm³/mol. The molecule has 2 fully saturated rings. The summed E-state index contributed by atoms with van der Waals surface area (Å²) in [7, 11) is 3.51. The number of carbonyl (C=O) groups excluding carboxylic acids is 1. The number of hydrogen-bond acceptors (Lipinski definition) is 4. The van der Waals surface area contributed by atoms with Gasteiger partial charge in [0.15, 0.2) is 5.96 Å². The second-order valence-electron chi connectivity index (χ2n) is 7.83. The van der Waals surface area contributed by atoms with E-state index in [0.29, 0.717) is 19.0 Å². The number of carbonyl (C=O) groups is 1. The van der Waals surface area contributed by atoms with Crippen LogP contribution < -0.4 is 15.0 Å². The molecule has 1 aromatic carbocycles. The van der Waals surface area contributed by atoms with Crippen molar-refractivity contribution in [1.29, 1.82) is 0 Å². The summed E-state index contributed by atoms with van der Waals surface area (Å²) in [4.78, 5) is 23.6. The van der Waals surface area contributed by atoms with Crippen molar-refractivity contribution >= 4 is 41.5 Å². The summed E-state index contributed by atoms with van der Waals surface area (Å²) < 4.78 is 5.34. The summed E-state index contributed by atoms with van der Waals surface area (Å²) in [5.74, 6) is 2.02. The van der Waals surface area contributed by atoms with Crippen LogP contribution in [0.3, 0.4) is 0 Å². The van der Waals surface area contributed by atoms with Crippen LogP contribution in [0, 0.1) is 0 Å². The third-order valence-corrected chi connectivity index (χ3v) is 5.95. The molecule has 0 radical (unpaired) electrons. The highest BCUT2D eigenvalue weighted by molar-refractivity contribution is 14.0. The molecule has 7 nitrogen and oxygen atoms in total. The molecule has 2 saturated heterocycles. The molecule has 1 N–H and O–H groups in total. The van der Waals surface area contributed by atoms with E-state index < -0.39 is 0 Å². The van der Waals surface area contributed by atoms with Crippen molar-refractivity contribution in [1.82, 2.24) is 15.1 Å². The number of anilines is 1. The van der Waals surface area contributed by atoms with Crippen molar-refractivity contribution in [2.45, 2.75) is 38.6 Å². The highest BCUT2D eigenvalue weighted by atomic mass is 127. The molecule has 1 aromatic rings. The van der Waals surface area contributed by atoms with Gasteiger partial charge in [0.05, 0.1) is 7.11 Å². The molecule has 0 spiro atoms. The van der Waals surface area contributed by atoms with E-state index in [4.69, 9.17) is 4.74 Å². The molecule has 1 atom stereocenters. The maximum absolute atomic E-state index is 12.5. The Balaban J connectivity index is 0.00000320. The fourth-order valence-electron chi connectivity index (χ4n) is 4.21. The molecule has 2 heterocycles. The molecule has 8 heteroatoms. The summed E-state index contributed by atoms with van der Waals surface area (Å²) >= 11 is 0. The monoisotopic (exact) mass is 529 g/mol. The zero-order valence-corrected chi connectivity index (χ0v) is 20.8. The smallest absolute Gasteiger partial charge is 0.224 e. The molecule has 0 bridgehead atoms. The molecule has 0 aliphatic carbocycles. The molecule has 0 aromatic heterocycles. The minimum absolute atomic E-state index is 0. The Bertz CT molecular complexity index is 707. The summed E-state index contributed by atoms with van der Waals surface area (Å²) in [5.41, 5.74) is 1.19. The number of piperidine rings is 1.